The van der Waals surface area contributed by atoms with Crippen LogP contribution in [0.5, 0.6) is 0 Å². The monoisotopic (exact) mass is 300 g/mol. The van der Waals surface area contributed by atoms with E-state index in [1.54, 1.807) is 36.6 Å². The van der Waals surface area contributed by atoms with E-state index in [-0.39, 0.29) is 18.5 Å². The summed E-state index contributed by atoms with van der Waals surface area (Å²) < 4.78 is 11.7. The SMILES string of the molecule is CC(Cc1ccco1)NC(=O)Cn1c(=O)oc2ccccc21. The number of amides is 1. The molecule has 3 aromatic rings. The van der Waals surface area contributed by atoms with Gasteiger partial charge in [-0.15, -0.1) is 0 Å². The Morgan fingerprint density at radius 1 is 1.27 bits per heavy atom. The predicted octanol–water partition coefficient (Wildman–Crippen LogP) is 1.93. The molecule has 2 aromatic heterocycles. The quantitative estimate of drug-likeness (QED) is 0.781. The Bertz CT molecular complexity index is 829. The van der Waals surface area contributed by atoms with Gasteiger partial charge < -0.3 is 14.2 Å². The molecule has 22 heavy (non-hydrogen) atoms. The number of hydrogen-bond acceptors (Lipinski definition) is 4. The normalized spacial score (nSPS) is 12.4. The van der Waals surface area contributed by atoms with Crippen LogP contribution in [-0.2, 0) is 17.8 Å². The summed E-state index contributed by atoms with van der Waals surface area (Å²) in [5.41, 5.74) is 1.09. The summed E-state index contributed by atoms with van der Waals surface area (Å²) in [6, 6.07) is 10.6. The molecular weight excluding hydrogens is 284 g/mol. The Labute approximate surface area is 126 Å². The van der Waals surface area contributed by atoms with Gasteiger partial charge in [0.2, 0.25) is 5.91 Å². The van der Waals surface area contributed by atoms with Gasteiger partial charge in [-0.1, -0.05) is 12.1 Å². The maximum atomic E-state index is 12.1. The van der Waals surface area contributed by atoms with Gasteiger partial charge in [0.1, 0.15) is 12.3 Å². The summed E-state index contributed by atoms with van der Waals surface area (Å²) in [4.78, 5) is 23.9. The lowest BCUT2D eigenvalue weighted by Crippen LogP contribution is -2.37. The lowest BCUT2D eigenvalue weighted by Gasteiger charge is -2.12. The second-order valence-corrected chi connectivity index (χ2v) is 5.17. The van der Waals surface area contributed by atoms with Crippen molar-refractivity contribution in [2.24, 2.45) is 0 Å². The van der Waals surface area contributed by atoms with Crippen LogP contribution < -0.4 is 11.1 Å². The third-order valence-electron chi connectivity index (χ3n) is 3.37. The highest BCUT2D eigenvalue weighted by Gasteiger charge is 2.14. The molecule has 1 aromatic carbocycles. The van der Waals surface area contributed by atoms with E-state index < -0.39 is 5.76 Å². The highest BCUT2D eigenvalue weighted by atomic mass is 16.4. The Morgan fingerprint density at radius 3 is 2.86 bits per heavy atom. The second kappa shape index (κ2) is 5.93. The van der Waals surface area contributed by atoms with Gasteiger partial charge in [-0.25, -0.2) is 4.79 Å². The van der Waals surface area contributed by atoms with Crippen LogP contribution in [0.2, 0.25) is 0 Å². The number of carbonyl (C=O) groups excluding carboxylic acids is 1. The van der Waals surface area contributed by atoms with E-state index in [4.69, 9.17) is 8.83 Å². The zero-order chi connectivity index (χ0) is 15.5. The molecular formula is C16H16N2O4. The maximum absolute atomic E-state index is 12.1. The number of rotatable bonds is 5. The molecule has 0 radical (unpaired) electrons. The number of aromatic nitrogens is 1. The summed E-state index contributed by atoms with van der Waals surface area (Å²) in [5.74, 6) is 0.0291. The van der Waals surface area contributed by atoms with Crippen molar-refractivity contribution in [3.05, 3.63) is 59.0 Å². The molecule has 114 valence electrons. The minimum absolute atomic E-state index is 0.0711. The molecule has 0 fully saturated rings. The van der Waals surface area contributed by atoms with Gasteiger partial charge in [0.25, 0.3) is 0 Å². The molecule has 2 heterocycles. The van der Waals surface area contributed by atoms with Crippen molar-refractivity contribution >= 4 is 17.0 Å². The minimum atomic E-state index is -0.532. The average Bonchev–Trinajstić information content (AvgIpc) is 3.08. The number of hydrogen-bond donors (Lipinski definition) is 1. The summed E-state index contributed by atoms with van der Waals surface area (Å²) in [5, 5.41) is 2.85. The van der Waals surface area contributed by atoms with E-state index in [0.717, 1.165) is 5.76 Å². The molecule has 0 aliphatic carbocycles. The number of furan rings is 1. The van der Waals surface area contributed by atoms with Gasteiger partial charge in [0.15, 0.2) is 5.58 Å². The van der Waals surface area contributed by atoms with Crippen LogP contribution in [0, 0.1) is 0 Å². The highest BCUT2D eigenvalue weighted by Crippen LogP contribution is 2.11. The fraction of sp³-hybridized carbons (Fsp3) is 0.250. The van der Waals surface area contributed by atoms with E-state index in [1.165, 1.54) is 4.57 Å². The van der Waals surface area contributed by atoms with E-state index in [0.29, 0.717) is 17.5 Å². The number of fused-ring (bicyclic) bond motifs is 1. The smallest absolute Gasteiger partial charge is 0.420 e. The zero-order valence-electron chi connectivity index (χ0n) is 12.1. The highest BCUT2D eigenvalue weighted by molar-refractivity contribution is 5.79. The number of oxazole rings is 1. The fourth-order valence-electron chi connectivity index (χ4n) is 2.41. The van der Waals surface area contributed by atoms with Crippen LogP contribution in [0.1, 0.15) is 12.7 Å². The number of para-hydroxylation sites is 2. The first kappa shape index (κ1) is 14.2. The van der Waals surface area contributed by atoms with Crippen molar-refractivity contribution in [2.75, 3.05) is 0 Å². The Kier molecular flexibility index (Phi) is 3.82. The average molecular weight is 300 g/mol. The van der Waals surface area contributed by atoms with Crippen molar-refractivity contribution in [1.29, 1.82) is 0 Å². The molecule has 0 saturated carbocycles. The van der Waals surface area contributed by atoms with Gasteiger partial charge in [0.05, 0.1) is 11.8 Å². The number of carbonyl (C=O) groups is 1. The fourth-order valence-corrected chi connectivity index (χ4v) is 2.41. The summed E-state index contributed by atoms with van der Waals surface area (Å²) in [7, 11) is 0. The third-order valence-corrected chi connectivity index (χ3v) is 3.37. The Morgan fingerprint density at radius 2 is 2.09 bits per heavy atom. The largest absolute Gasteiger partial charge is 0.469 e. The molecule has 6 nitrogen and oxygen atoms in total. The van der Waals surface area contributed by atoms with Gasteiger partial charge in [-0.3, -0.25) is 9.36 Å². The first-order valence-electron chi connectivity index (χ1n) is 7.03. The number of nitrogens with one attached hydrogen (secondary N) is 1. The van der Waals surface area contributed by atoms with Gasteiger partial charge in [-0.05, 0) is 31.2 Å². The minimum Gasteiger partial charge on any atom is -0.469 e. The molecule has 1 atom stereocenters. The lowest BCUT2D eigenvalue weighted by molar-refractivity contribution is -0.122. The van der Waals surface area contributed by atoms with Gasteiger partial charge in [-0.2, -0.15) is 0 Å². The van der Waals surface area contributed by atoms with Crippen LogP contribution in [0.4, 0.5) is 0 Å². The maximum Gasteiger partial charge on any atom is 0.420 e. The van der Waals surface area contributed by atoms with Crippen LogP contribution in [0.15, 0.2) is 56.3 Å². The second-order valence-electron chi connectivity index (χ2n) is 5.17. The molecule has 1 N–H and O–H groups in total. The molecule has 1 unspecified atom stereocenters. The van der Waals surface area contributed by atoms with E-state index in [1.807, 2.05) is 13.0 Å². The molecule has 1 amide bonds. The third kappa shape index (κ3) is 2.95. The lowest BCUT2D eigenvalue weighted by atomic mass is 10.2. The van der Waals surface area contributed by atoms with Crippen molar-refractivity contribution < 1.29 is 13.6 Å². The number of nitrogens with zero attached hydrogens (tertiary/aromatic N) is 1. The molecule has 0 aliphatic rings. The van der Waals surface area contributed by atoms with Crippen molar-refractivity contribution in [3.8, 4) is 0 Å². The molecule has 0 aliphatic heterocycles. The predicted molar refractivity (Wildman–Crippen MR) is 80.5 cm³/mol. The molecule has 0 saturated heterocycles. The molecule has 0 spiro atoms. The number of benzene rings is 1. The van der Waals surface area contributed by atoms with Crippen molar-refractivity contribution in [2.45, 2.75) is 25.9 Å². The summed E-state index contributed by atoms with van der Waals surface area (Å²) in [6.07, 6.45) is 2.20. The zero-order valence-corrected chi connectivity index (χ0v) is 12.1. The van der Waals surface area contributed by atoms with Crippen molar-refractivity contribution in [1.82, 2.24) is 9.88 Å². The Balaban J connectivity index is 1.68. The van der Waals surface area contributed by atoms with E-state index >= 15 is 0 Å². The molecule has 3 rings (SSSR count). The van der Waals surface area contributed by atoms with E-state index in [9.17, 15) is 9.59 Å². The van der Waals surface area contributed by atoms with Crippen LogP contribution in [0.3, 0.4) is 0 Å². The first-order chi connectivity index (χ1) is 10.6. The van der Waals surface area contributed by atoms with Crippen LogP contribution in [0.25, 0.3) is 11.1 Å². The first-order valence-corrected chi connectivity index (χ1v) is 7.03. The topological polar surface area (TPSA) is 77.4 Å². The van der Waals surface area contributed by atoms with Gasteiger partial charge >= 0.3 is 5.76 Å². The van der Waals surface area contributed by atoms with Crippen LogP contribution in [-0.4, -0.2) is 16.5 Å². The van der Waals surface area contributed by atoms with Crippen molar-refractivity contribution in [3.63, 3.8) is 0 Å². The Hall–Kier alpha value is -2.76. The van der Waals surface area contributed by atoms with Crippen LogP contribution >= 0.6 is 0 Å². The van der Waals surface area contributed by atoms with Gasteiger partial charge in [0, 0.05) is 12.5 Å². The molecule has 6 heteroatoms. The van der Waals surface area contributed by atoms with E-state index in [2.05, 4.69) is 5.32 Å². The summed E-state index contributed by atoms with van der Waals surface area (Å²) in [6.45, 7) is 1.81. The standard InChI is InChI=1S/C16H16N2O4/c1-11(9-12-5-4-8-21-12)17-15(19)10-18-13-6-2-3-7-14(13)22-16(18)20/h2-8,11H,9-10H2,1H3,(H,17,19). The summed E-state index contributed by atoms with van der Waals surface area (Å²) >= 11 is 0. The molecule has 0 bridgehead atoms.